The molecule has 5 nitrogen and oxygen atoms in total. The number of fused-ring (bicyclic) bond motifs is 1. The highest BCUT2D eigenvalue weighted by molar-refractivity contribution is 7.62. The second-order valence-electron chi connectivity index (χ2n) is 5.41. The molecule has 0 fully saturated rings. The fraction of sp³-hybridized carbons (Fsp3) is 0.235. The number of benzene rings is 2. The lowest BCUT2D eigenvalue weighted by molar-refractivity contribution is 0.286. The first-order valence-corrected chi connectivity index (χ1v) is 8.82. The summed E-state index contributed by atoms with van der Waals surface area (Å²) in [6.45, 7) is 4.04. The van der Waals surface area contributed by atoms with E-state index in [9.17, 15) is 4.57 Å². The molecule has 3 aromatic rings. The summed E-state index contributed by atoms with van der Waals surface area (Å²) in [5.41, 5.74) is 4.25. The first kappa shape index (κ1) is 15.9. The predicted molar refractivity (Wildman–Crippen MR) is 91.8 cm³/mol. The van der Waals surface area contributed by atoms with Gasteiger partial charge in [-0.1, -0.05) is 35.9 Å². The van der Waals surface area contributed by atoms with Crippen molar-refractivity contribution in [1.29, 1.82) is 0 Å². The van der Waals surface area contributed by atoms with Crippen molar-refractivity contribution in [2.24, 2.45) is 0 Å². The van der Waals surface area contributed by atoms with Crippen LogP contribution < -0.4 is 5.44 Å². The van der Waals surface area contributed by atoms with Gasteiger partial charge in [-0.3, -0.25) is 4.57 Å². The van der Waals surface area contributed by atoms with E-state index >= 15 is 0 Å². The quantitative estimate of drug-likeness (QED) is 0.684. The largest absolute Gasteiger partial charge is 0.379 e. The molecule has 120 valence electrons. The van der Waals surface area contributed by atoms with E-state index in [0.29, 0.717) is 5.44 Å². The van der Waals surface area contributed by atoms with Gasteiger partial charge in [0.2, 0.25) is 0 Å². The Kier molecular flexibility index (Phi) is 4.11. The summed E-state index contributed by atoms with van der Waals surface area (Å²) < 4.78 is 25.2. The van der Waals surface area contributed by atoms with Crippen LogP contribution in [0.1, 0.15) is 11.1 Å². The molecule has 1 heterocycles. The van der Waals surface area contributed by atoms with Crippen LogP contribution in [0.3, 0.4) is 0 Å². The third kappa shape index (κ3) is 2.61. The molecule has 6 heteroatoms. The SMILES string of the molecule is COP(=O)(OC)c1c2ccccc2nn1-c1ccc(C)cc1C. The first-order chi connectivity index (χ1) is 11.0. The van der Waals surface area contributed by atoms with Crippen LogP contribution in [0.5, 0.6) is 0 Å². The van der Waals surface area contributed by atoms with Crippen molar-refractivity contribution in [3.63, 3.8) is 0 Å². The van der Waals surface area contributed by atoms with Crippen LogP contribution in [0, 0.1) is 13.8 Å². The lowest BCUT2D eigenvalue weighted by atomic mass is 10.1. The lowest BCUT2D eigenvalue weighted by Gasteiger charge is -2.17. The van der Waals surface area contributed by atoms with Crippen molar-refractivity contribution in [2.45, 2.75) is 13.8 Å². The lowest BCUT2D eigenvalue weighted by Crippen LogP contribution is -2.20. The second-order valence-corrected chi connectivity index (χ2v) is 7.55. The molecular formula is C17H19N2O3P. The van der Waals surface area contributed by atoms with Gasteiger partial charge < -0.3 is 9.05 Å². The van der Waals surface area contributed by atoms with Crippen molar-refractivity contribution >= 4 is 23.9 Å². The number of rotatable bonds is 4. The maximum Gasteiger partial charge on any atom is 0.379 e. The number of nitrogens with zero attached hydrogens (tertiary/aromatic N) is 2. The molecule has 3 rings (SSSR count). The topological polar surface area (TPSA) is 53.4 Å². The van der Waals surface area contributed by atoms with E-state index in [0.717, 1.165) is 27.7 Å². The van der Waals surface area contributed by atoms with Crippen molar-refractivity contribution < 1.29 is 13.6 Å². The van der Waals surface area contributed by atoms with E-state index in [2.05, 4.69) is 11.2 Å². The van der Waals surface area contributed by atoms with E-state index < -0.39 is 7.60 Å². The number of hydrogen-bond donors (Lipinski definition) is 0. The van der Waals surface area contributed by atoms with Crippen LogP contribution >= 0.6 is 7.60 Å². The summed E-state index contributed by atoms with van der Waals surface area (Å²) in [6, 6.07) is 13.6. The summed E-state index contributed by atoms with van der Waals surface area (Å²) >= 11 is 0. The zero-order chi connectivity index (χ0) is 16.6. The molecule has 0 amide bonds. The Morgan fingerprint density at radius 3 is 2.39 bits per heavy atom. The van der Waals surface area contributed by atoms with Crippen molar-refractivity contribution in [3.8, 4) is 5.69 Å². The Balaban J connectivity index is 2.39. The number of hydrogen-bond acceptors (Lipinski definition) is 4. The Hall–Kier alpha value is -1.94. The Bertz CT molecular complexity index is 909. The minimum atomic E-state index is -3.47. The van der Waals surface area contributed by atoms with Crippen molar-refractivity contribution in [3.05, 3.63) is 53.6 Å². The molecule has 0 unspecified atom stereocenters. The molecule has 0 aliphatic rings. The van der Waals surface area contributed by atoms with Crippen LogP contribution in [0.25, 0.3) is 16.6 Å². The fourth-order valence-electron chi connectivity index (χ4n) is 2.74. The summed E-state index contributed by atoms with van der Waals surface area (Å²) in [4.78, 5) is 0. The van der Waals surface area contributed by atoms with Crippen molar-refractivity contribution in [1.82, 2.24) is 9.78 Å². The molecule has 0 aliphatic heterocycles. The van der Waals surface area contributed by atoms with Gasteiger partial charge >= 0.3 is 7.60 Å². The third-order valence-corrected chi connectivity index (χ3v) is 5.78. The minimum Gasteiger partial charge on any atom is -0.307 e. The highest BCUT2D eigenvalue weighted by Gasteiger charge is 2.33. The maximum absolute atomic E-state index is 13.1. The average Bonchev–Trinajstić information content (AvgIpc) is 2.94. The van der Waals surface area contributed by atoms with Crippen LogP contribution in [0.2, 0.25) is 0 Å². The smallest absolute Gasteiger partial charge is 0.307 e. The minimum absolute atomic E-state index is 0.449. The predicted octanol–water partition coefficient (Wildman–Crippen LogP) is 3.75. The second kappa shape index (κ2) is 5.93. The fourth-order valence-corrected chi connectivity index (χ4v) is 4.10. The van der Waals surface area contributed by atoms with Gasteiger partial charge in [-0.15, -0.1) is 0 Å². The van der Waals surface area contributed by atoms with Gasteiger partial charge in [0.05, 0.1) is 11.2 Å². The Morgan fingerprint density at radius 2 is 1.74 bits per heavy atom. The molecule has 0 saturated carbocycles. The van der Waals surface area contributed by atoms with Crippen LogP contribution in [0.15, 0.2) is 42.5 Å². The molecule has 0 atom stereocenters. The molecule has 1 aromatic heterocycles. The van der Waals surface area contributed by atoms with Gasteiger partial charge in [-0.2, -0.15) is 5.10 Å². The molecule has 0 saturated heterocycles. The van der Waals surface area contributed by atoms with E-state index in [1.165, 1.54) is 14.2 Å². The summed E-state index contributed by atoms with van der Waals surface area (Å²) in [6.07, 6.45) is 0. The molecule has 2 aromatic carbocycles. The zero-order valence-electron chi connectivity index (χ0n) is 13.6. The van der Waals surface area contributed by atoms with Gasteiger partial charge in [-0.25, -0.2) is 4.68 Å². The standard InChI is InChI=1S/C17H19N2O3P/c1-12-9-10-16(13(2)11-12)19-17(23(20,21-3)22-4)14-7-5-6-8-15(14)18-19/h5-11H,1-4H3. The van der Waals surface area contributed by atoms with Crippen LogP contribution in [0.4, 0.5) is 0 Å². The maximum atomic E-state index is 13.1. The van der Waals surface area contributed by atoms with E-state index in [-0.39, 0.29) is 0 Å². The number of aromatic nitrogens is 2. The third-order valence-electron chi connectivity index (χ3n) is 3.87. The van der Waals surface area contributed by atoms with Gasteiger partial charge in [0, 0.05) is 19.6 Å². The van der Waals surface area contributed by atoms with E-state index in [1.807, 2.05) is 50.2 Å². The van der Waals surface area contributed by atoms with Gasteiger partial charge in [-0.05, 0) is 31.5 Å². The molecule has 0 bridgehead atoms. The van der Waals surface area contributed by atoms with Gasteiger partial charge in [0.15, 0.2) is 5.44 Å². The molecule has 0 aliphatic carbocycles. The highest BCUT2D eigenvalue weighted by Crippen LogP contribution is 2.47. The van der Waals surface area contributed by atoms with Crippen molar-refractivity contribution in [2.75, 3.05) is 14.2 Å². The molecule has 23 heavy (non-hydrogen) atoms. The van der Waals surface area contributed by atoms with Gasteiger partial charge in [0.1, 0.15) is 0 Å². The van der Waals surface area contributed by atoms with Crippen LogP contribution in [-0.4, -0.2) is 24.0 Å². The highest BCUT2D eigenvalue weighted by atomic mass is 31.2. The monoisotopic (exact) mass is 330 g/mol. The number of aryl methyl sites for hydroxylation is 2. The molecule has 0 N–H and O–H groups in total. The molecular weight excluding hydrogens is 311 g/mol. The van der Waals surface area contributed by atoms with Gasteiger partial charge in [0.25, 0.3) is 0 Å². The summed E-state index contributed by atoms with van der Waals surface area (Å²) in [7, 11) is -0.691. The molecule has 0 spiro atoms. The average molecular weight is 330 g/mol. The van der Waals surface area contributed by atoms with E-state index in [4.69, 9.17) is 9.05 Å². The first-order valence-electron chi connectivity index (χ1n) is 7.27. The molecule has 0 radical (unpaired) electrons. The normalized spacial score (nSPS) is 12.0. The van der Waals surface area contributed by atoms with E-state index in [1.54, 1.807) is 4.68 Å². The Labute approximate surface area is 135 Å². The summed E-state index contributed by atoms with van der Waals surface area (Å²) in [5.74, 6) is 0. The summed E-state index contributed by atoms with van der Waals surface area (Å²) in [5, 5.41) is 5.38. The zero-order valence-corrected chi connectivity index (χ0v) is 14.5. The van der Waals surface area contributed by atoms with Crippen LogP contribution in [-0.2, 0) is 13.6 Å². The Morgan fingerprint density at radius 1 is 1.04 bits per heavy atom.